The topological polar surface area (TPSA) is 78.8 Å². The third-order valence-corrected chi connectivity index (χ3v) is 3.07. The number of fused-ring (bicyclic) bond motifs is 1. The average Bonchev–Trinajstić information content (AvgIpc) is 2.78. The Bertz CT molecular complexity index is 799. The van der Waals surface area contributed by atoms with Crippen molar-refractivity contribution >= 4 is 16.9 Å². The summed E-state index contributed by atoms with van der Waals surface area (Å²) in [6, 6.07) is 4.52. The second-order valence-electron chi connectivity index (χ2n) is 4.28. The maximum Gasteiger partial charge on any atom is 0.165 e. The van der Waals surface area contributed by atoms with Crippen LogP contribution in [-0.2, 0) is 7.05 Å². The lowest BCUT2D eigenvalue weighted by Gasteiger charge is -2.04. The summed E-state index contributed by atoms with van der Waals surface area (Å²) in [5.74, 6) is 0.0545. The molecule has 0 saturated heterocycles. The van der Waals surface area contributed by atoms with Crippen LogP contribution in [0.4, 0.5) is 10.2 Å². The van der Waals surface area contributed by atoms with E-state index >= 15 is 0 Å². The van der Waals surface area contributed by atoms with E-state index in [9.17, 15) is 4.39 Å². The maximum atomic E-state index is 13.5. The molecular formula is C13H12FN5O. The number of nitrogens with two attached hydrogens (primary N) is 1. The van der Waals surface area contributed by atoms with E-state index in [4.69, 9.17) is 10.5 Å². The fourth-order valence-corrected chi connectivity index (χ4v) is 2.12. The highest BCUT2D eigenvalue weighted by Crippen LogP contribution is 2.32. The second-order valence-corrected chi connectivity index (χ2v) is 4.28. The molecule has 3 rings (SSSR count). The number of hydrogen-bond donors (Lipinski definition) is 1. The zero-order valence-electron chi connectivity index (χ0n) is 11.0. The molecule has 3 aromatic rings. The molecule has 6 nitrogen and oxygen atoms in total. The minimum Gasteiger partial charge on any atom is -0.494 e. The van der Waals surface area contributed by atoms with Gasteiger partial charge in [-0.15, -0.1) is 0 Å². The van der Waals surface area contributed by atoms with E-state index in [1.807, 2.05) is 0 Å². The van der Waals surface area contributed by atoms with Crippen molar-refractivity contribution in [2.24, 2.45) is 7.05 Å². The fourth-order valence-electron chi connectivity index (χ4n) is 2.12. The fraction of sp³-hybridized carbons (Fsp3) is 0.154. The first-order valence-corrected chi connectivity index (χ1v) is 5.89. The van der Waals surface area contributed by atoms with Crippen LogP contribution in [0.5, 0.6) is 5.75 Å². The number of ether oxygens (including phenoxy) is 1. The zero-order chi connectivity index (χ0) is 14.3. The Labute approximate surface area is 114 Å². The molecule has 0 spiro atoms. The molecule has 0 bridgehead atoms. The smallest absolute Gasteiger partial charge is 0.165 e. The largest absolute Gasteiger partial charge is 0.494 e. The number of anilines is 1. The first kappa shape index (κ1) is 12.3. The average molecular weight is 273 g/mol. The summed E-state index contributed by atoms with van der Waals surface area (Å²) in [4.78, 5) is 8.13. The zero-order valence-corrected chi connectivity index (χ0v) is 11.0. The predicted molar refractivity (Wildman–Crippen MR) is 72.7 cm³/mol. The van der Waals surface area contributed by atoms with Crippen molar-refractivity contribution < 1.29 is 9.13 Å². The number of benzene rings is 1. The number of aryl methyl sites for hydroxylation is 1. The molecule has 20 heavy (non-hydrogen) atoms. The molecule has 0 saturated carbocycles. The highest BCUT2D eigenvalue weighted by molar-refractivity contribution is 5.98. The molecule has 0 atom stereocenters. The van der Waals surface area contributed by atoms with Crippen LogP contribution in [0.3, 0.4) is 0 Å². The highest BCUT2D eigenvalue weighted by Gasteiger charge is 2.16. The van der Waals surface area contributed by atoms with E-state index in [1.165, 1.54) is 19.5 Å². The minimum atomic E-state index is -0.430. The van der Waals surface area contributed by atoms with E-state index in [1.54, 1.807) is 23.9 Å². The van der Waals surface area contributed by atoms with Crippen molar-refractivity contribution in [1.29, 1.82) is 0 Å². The Morgan fingerprint density at radius 2 is 2.10 bits per heavy atom. The Balaban J connectivity index is 2.30. The normalized spacial score (nSPS) is 10.9. The van der Waals surface area contributed by atoms with Crippen LogP contribution < -0.4 is 10.5 Å². The maximum absolute atomic E-state index is 13.5. The van der Waals surface area contributed by atoms with E-state index in [-0.39, 0.29) is 5.75 Å². The van der Waals surface area contributed by atoms with Gasteiger partial charge in [0.2, 0.25) is 0 Å². The molecule has 2 heterocycles. The molecule has 0 aliphatic heterocycles. The van der Waals surface area contributed by atoms with Gasteiger partial charge in [0.1, 0.15) is 17.8 Å². The Morgan fingerprint density at radius 3 is 2.85 bits per heavy atom. The SMILES string of the molecule is COc1cc(-c2nn(C)c3ncnc(N)c23)ccc1F. The minimum absolute atomic E-state index is 0.150. The Morgan fingerprint density at radius 1 is 1.30 bits per heavy atom. The van der Waals surface area contributed by atoms with Crippen molar-refractivity contribution in [2.45, 2.75) is 0 Å². The van der Waals surface area contributed by atoms with E-state index in [0.29, 0.717) is 28.1 Å². The van der Waals surface area contributed by atoms with Crippen LogP contribution in [0.15, 0.2) is 24.5 Å². The van der Waals surface area contributed by atoms with Crippen LogP contribution in [0.2, 0.25) is 0 Å². The number of hydrogen-bond acceptors (Lipinski definition) is 5. The molecule has 1 aromatic carbocycles. The van der Waals surface area contributed by atoms with Gasteiger partial charge >= 0.3 is 0 Å². The van der Waals surface area contributed by atoms with Crippen molar-refractivity contribution in [1.82, 2.24) is 19.7 Å². The van der Waals surface area contributed by atoms with Crippen LogP contribution in [-0.4, -0.2) is 26.9 Å². The molecule has 7 heteroatoms. The molecule has 0 amide bonds. The Kier molecular flexibility index (Phi) is 2.74. The van der Waals surface area contributed by atoms with Gasteiger partial charge in [-0.3, -0.25) is 0 Å². The molecular weight excluding hydrogens is 261 g/mol. The van der Waals surface area contributed by atoms with Crippen LogP contribution in [0, 0.1) is 5.82 Å². The third-order valence-electron chi connectivity index (χ3n) is 3.07. The molecule has 2 N–H and O–H groups in total. The molecule has 102 valence electrons. The summed E-state index contributed by atoms with van der Waals surface area (Å²) in [5, 5.41) is 5.02. The van der Waals surface area contributed by atoms with Crippen molar-refractivity contribution in [2.75, 3.05) is 12.8 Å². The van der Waals surface area contributed by atoms with Gasteiger partial charge in [-0.1, -0.05) is 0 Å². The van der Waals surface area contributed by atoms with Gasteiger partial charge in [-0.25, -0.2) is 19.0 Å². The van der Waals surface area contributed by atoms with Gasteiger partial charge < -0.3 is 10.5 Å². The van der Waals surface area contributed by atoms with Crippen molar-refractivity contribution in [3.05, 3.63) is 30.3 Å². The van der Waals surface area contributed by atoms with Gasteiger partial charge in [-0.2, -0.15) is 5.10 Å². The molecule has 0 aliphatic rings. The summed E-state index contributed by atoms with van der Waals surface area (Å²) >= 11 is 0. The van der Waals surface area contributed by atoms with Gasteiger partial charge in [0, 0.05) is 12.6 Å². The van der Waals surface area contributed by atoms with E-state index in [0.717, 1.165) is 0 Å². The molecule has 0 radical (unpaired) electrons. The van der Waals surface area contributed by atoms with Crippen LogP contribution >= 0.6 is 0 Å². The van der Waals surface area contributed by atoms with Crippen LogP contribution in [0.1, 0.15) is 0 Å². The standard InChI is InChI=1S/C13H12FN5O/c1-19-13-10(12(15)16-6-17-13)11(18-19)7-3-4-8(14)9(5-7)20-2/h3-6H,1-2H3,(H2,15,16,17). The first-order chi connectivity index (χ1) is 9.61. The Hall–Kier alpha value is -2.70. The lowest BCUT2D eigenvalue weighted by atomic mass is 10.1. The highest BCUT2D eigenvalue weighted by atomic mass is 19.1. The summed E-state index contributed by atoms with van der Waals surface area (Å²) in [5.41, 5.74) is 7.81. The van der Waals surface area contributed by atoms with E-state index < -0.39 is 5.82 Å². The number of methoxy groups -OCH3 is 1. The monoisotopic (exact) mass is 273 g/mol. The lowest BCUT2D eigenvalue weighted by molar-refractivity contribution is 0.387. The summed E-state index contributed by atoms with van der Waals surface area (Å²) < 4.78 is 20.1. The number of aromatic nitrogens is 4. The number of nitrogens with zero attached hydrogens (tertiary/aromatic N) is 4. The third kappa shape index (κ3) is 1.75. The molecule has 0 aliphatic carbocycles. The van der Waals surface area contributed by atoms with Gasteiger partial charge in [-0.05, 0) is 18.2 Å². The molecule has 0 unspecified atom stereocenters. The summed E-state index contributed by atoms with van der Waals surface area (Å²) in [7, 11) is 3.18. The second kappa shape index (κ2) is 4.44. The first-order valence-electron chi connectivity index (χ1n) is 5.89. The van der Waals surface area contributed by atoms with Crippen LogP contribution in [0.25, 0.3) is 22.3 Å². The molecule has 0 fully saturated rings. The van der Waals surface area contributed by atoms with Gasteiger partial charge in [0.25, 0.3) is 0 Å². The number of nitrogen functional groups attached to an aromatic ring is 1. The quantitative estimate of drug-likeness (QED) is 0.769. The summed E-state index contributed by atoms with van der Waals surface area (Å²) in [6.45, 7) is 0. The van der Waals surface area contributed by atoms with Gasteiger partial charge in [0.15, 0.2) is 17.2 Å². The van der Waals surface area contributed by atoms with Crippen molar-refractivity contribution in [3.63, 3.8) is 0 Å². The summed E-state index contributed by atoms with van der Waals surface area (Å²) in [6.07, 6.45) is 1.38. The predicted octanol–water partition coefficient (Wildman–Crippen LogP) is 1.76. The number of halogens is 1. The van der Waals surface area contributed by atoms with E-state index in [2.05, 4.69) is 15.1 Å². The molecule has 2 aromatic heterocycles. The van der Waals surface area contributed by atoms with Crippen molar-refractivity contribution in [3.8, 4) is 17.0 Å². The lowest BCUT2D eigenvalue weighted by Crippen LogP contribution is -1.95. The van der Waals surface area contributed by atoms with Gasteiger partial charge in [0.05, 0.1) is 12.5 Å². The number of rotatable bonds is 2.